The Balaban J connectivity index is 1.10. The first kappa shape index (κ1) is 37.5. The Morgan fingerprint density at radius 1 is 1.02 bits per heavy atom. The van der Waals surface area contributed by atoms with Crippen LogP contribution in [0.1, 0.15) is 121 Å². The number of hydrogen-bond acceptors (Lipinski definition) is 9. The molecule has 5 unspecified atom stereocenters. The molecule has 5 aliphatic carbocycles. The van der Waals surface area contributed by atoms with Crippen LogP contribution in [0.3, 0.4) is 0 Å². The third-order valence-corrected chi connectivity index (χ3v) is 16.7. The highest BCUT2D eigenvalue weighted by Crippen LogP contribution is 2.89. The van der Waals surface area contributed by atoms with Crippen molar-refractivity contribution in [2.75, 3.05) is 33.4 Å². The van der Waals surface area contributed by atoms with Gasteiger partial charge in [0.25, 0.3) is 0 Å². The van der Waals surface area contributed by atoms with Crippen molar-refractivity contribution in [3.63, 3.8) is 0 Å². The van der Waals surface area contributed by atoms with Gasteiger partial charge < -0.3 is 33.9 Å². The average molecular weight is 704 g/mol. The van der Waals surface area contributed by atoms with Crippen molar-refractivity contribution in [2.45, 2.75) is 169 Å². The molecule has 9 heteroatoms. The molecule has 0 radical (unpaired) electrons. The quantitative estimate of drug-likeness (QED) is 0.296. The average Bonchev–Trinajstić information content (AvgIpc) is 3.65. The second kappa shape index (κ2) is 12.1. The van der Waals surface area contributed by atoms with Crippen molar-refractivity contribution < 1.29 is 38.7 Å². The van der Waals surface area contributed by atoms with Gasteiger partial charge in [0.1, 0.15) is 0 Å². The van der Waals surface area contributed by atoms with E-state index in [0.717, 1.165) is 38.9 Å². The van der Waals surface area contributed by atoms with E-state index in [2.05, 4.69) is 53.4 Å². The summed E-state index contributed by atoms with van der Waals surface area (Å²) in [5.74, 6) is 1.08. The fourth-order valence-corrected chi connectivity index (χ4v) is 14.3. The third kappa shape index (κ3) is 5.35. The molecule has 2 N–H and O–H groups in total. The molecule has 14 atom stereocenters. The zero-order valence-corrected chi connectivity index (χ0v) is 33.0. The highest BCUT2D eigenvalue weighted by molar-refractivity contribution is 5.66. The Bertz CT molecular complexity index is 1310. The Labute approximate surface area is 301 Å². The zero-order chi connectivity index (χ0) is 36.4. The van der Waals surface area contributed by atoms with Crippen LogP contribution in [0.4, 0.5) is 0 Å². The molecule has 2 spiro atoms. The maximum atomic E-state index is 12.6. The first-order valence-corrected chi connectivity index (χ1v) is 19.9. The van der Waals surface area contributed by atoms with E-state index < -0.39 is 29.9 Å². The number of nitrogens with zero attached hydrogens (tertiary/aromatic N) is 1. The van der Waals surface area contributed by atoms with Crippen molar-refractivity contribution in [3.05, 3.63) is 0 Å². The second-order valence-corrected chi connectivity index (χ2v) is 20.4. The monoisotopic (exact) mass is 704 g/mol. The highest BCUT2D eigenvalue weighted by Gasteiger charge is 2.84. The summed E-state index contributed by atoms with van der Waals surface area (Å²) in [5, 5.41) is 23.7. The van der Waals surface area contributed by atoms with E-state index in [0.29, 0.717) is 30.3 Å². The number of carbonyl (C=O) groups is 1. The first-order valence-electron chi connectivity index (χ1n) is 19.9. The predicted molar refractivity (Wildman–Crippen MR) is 190 cm³/mol. The number of rotatable bonds is 8. The van der Waals surface area contributed by atoms with Crippen LogP contribution in [-0.4, -0.2) is 102 Å². The molecule has 0 amide bonds. The van der Waals surface area contributed by atoms with Crippen LogP contribution in [0.15, 0.2) is 0 Å². The molecule has 5 saturated carbocycles. The topological polar surface area (TPSA) is 107 Å². The molecule has 0 bridgehead atoms. The largest absolute Gasteiger partial charge is 0.457 e. The van der Waals surface area contributed by atoms with Crippen LogP contribution in [0, 0.1) is 50.7 Å². The summed E-state index contributed by atoms with van der Waals surface area (Å²) >= 11 is 0. The van der Waals surface area contributed by atoms with Crippen molar-refractivity contribution in [1.82, 2.24) is 4.90 Å². The maximum Gasteiger partial charge on any atom is 0.303 e. The summed E-state index contributed by atoms with van der Waals surface area (Å²) in [6, 6.07) is 0. The lowest BCUT2D eigenvalue weighted by molar-refractivity contribution is -0.250. The van der Waals surface area contributed by atoms with Gasteiger partial charge in [0, 0.05) is 39.1 Å². The van der Waals surface area contributed by atoms with Crippen LogP contribution in [0.5, 0.6) is 0 Å². The molecule has 286 valence electrons. The molecule has 0 aromatic carbocycles. The van der Waals surface area contributed by atoms with Gasteiger partial charge in [-0.05, 0) is 124 Å². The Morgan fingerprint density at radius 2 is 1.70 bits per heavy atom. The standard InChI is InChI=1S/C41H69NO8/c1-24-20-26(34(37(7,8)45)48-25(2)43)49-32-31(24)38(9)16-17-41-22-40(41)15-14-29(50-30-21-42(18-19-47-30)23-35(3,4)46-11)36(5,6)27(40)12-13-28(41)39(38,10)33(32)44/h24,26-34,44-45H,12-23H2,1-11H3/t24-,26?,27+,28+,29+,30?,31?,32?,33+,34+,38-,39-,40-,41?/m1/s1. The van der Waals surface area contributed by atoms with Crippen molar-refractivity contribution in [3.8, 4) is 0 Å². The number of carbonyl (C=O) groups excluding carboxylic acids is 1. The molecule has 0 aromatic heterocycles. The summed E-state index contributed by atoms with van der Waals surface area (Å²) in [6.07, 6.45) is 6.58. The summed E-state index contributed by atoms with van der Waals surface area (Å²) in [7, 11) is 1.79. The van der Waals surface area contributed by atoms with Gasteiger partial charge in [-0.2, -0.15) is 0 Å². The van der Waals surface area contributed by atoms with Gasteiger partial charge in [0.2, 0.25) is 0 Å². The van der Waals surface area contributed by atoms with E-state index in [1.807, 2.05) is 0 Å². The number of morpholine rings is 1. The van der Waals surface area contributed by atoms with Gasteiger partial charge in [0.05, 0.1) is 42.2 Å². The Morgan fingerprint density at radius 3 is 2.36 bits per heavy atom. The number of hydrogen-bond donors (Lipinski definition) is 2. The van der Waals surface area contributed by atoms with Gasteiger partial charge in [-0.1, -0.05) is 34.6 Å². The normalized spacial score (nSPS) is 49.1. The van der Waals surface area contributed by atoms with Gasteiger partial charge in [0.15, 0.2) is 12.4 Å². The van der Waals surface area contributed by atoms with E-state index in [9.17, 15) is 15.0 Å². The molecular formula is C41H69NO8. The molecule has 2 aliphatic heterocycles. The van der Waals surface area contributed by atoms with Crippen LogP contribution >= 0.6 is 0 Å². The van der Waals surface area contributed by atoms with E-state index >= 15 is 0 Å². The van der Waals surface area contributed by atoms with Gasteiger partial charge in [-0.3, -0.25) is 9.69 Å². The van der Waals surface area contributed by atoms with Crippen molar-refractivity contribution in [2.24, 2.45) is 50.7 Å². The number of methoxy groups -OCH3 is 1. The van der Waals surface area contributed by atoms with Crippen LogP contribution < -0.4 is 0 Å². The minimum absolute atomic E-state index is 0.0295. The SMILES string of the molecule is COC(C)(C)CN1CCOC(O[C@H]2CC[C@]34CC35CC[C@]3(C)C6C(OC([C@H](OC(C)=O)C(C)(C)O)C[C@H]6C)[C@H](O)[C@@]3(C)[C@@H]5CC[C@H]4C2(C)C)C1. The molecule has 2 saturated heterocycles. The molecule has 2 heterocycles. The Hall–Kier alpha value is -0.810. The number of ether oxygens (including phenoxy) is 5. The van der Waals surface area contributed by atoms with E-state index in [4.69, 9.17) is 23.7 Å². The summed E-state index contributed by atoms with van der Waals surface area (Å²) in [6.45, 7) is 24.4. The van der Waals surface area contributed by atoms with Crippen molar-refractivity contribution >= 4 is 5.97 Å². The van der Waals surface area contributed by atoms with E-state index in [-0.39, 0.29) is 57.6 Å². The molecule has 7 aliphatic rings. The number of esters is 1. The highest BCUT2D eigenvalue weighted by atomic mass is 16.7. The number of aliphatic hydroxyl groups is 2. The molecule has 9 nitrogen and oxygen atoms in total. The fourth-order valence-electron chi connectivity index (χ4n) is 14.3. The number of fused-ring (bicyclic) bond motifs is 4. The maximum absolute atomic E-state index is 12.6. The smallest absolute Gasteiger partial charge is 0.303 e. The minimum Gasteiger partial charge on any atom is -0.457 e. The van der Waals surface area contributed by atoms with E-state index in [1.165, 1.54) is 32.6 Å². The molecule has 50 heavy (non-hydrogen) atoms. The zero-order valence-electron chi connectivity index (χ0n) is 33.0. The lowest BCUT2D eigenvalue weighted by Gasteiger charge is -2.64. The van der Waals surface area contributed by atoms with Crippen LogP contribution in [-0.2, 0) is 28.5 Å². The second-order valence-electron chi connectivity index (χ2n) is 20.4. The van der Waals surface area contributed by atoms with E-state index in [1.54, 1.807) is 21.0 Å². The lowest BCUT2D eigenvalue weighted by Crippen LogP contribution is -2.60. The van der Waals surface area contributed by atoms with Crippen LogP contribution in [0.25, 0.3) is 0 Å². The molecule has 7 fully saturated rings. The third-order valence-electron chi connectivity index (χ3n) is 16.7. The lowest BCUT2D eigenvalue weighted by atomic mass is 9.41. The summed E-state index contributed by atoms with van der Waals surface area (Å²) < 4.78 is 31.5. The minimum atomic E-state index is -1.26. The van der Waals surface area contributed by atoms with Gasteiger partial charge >= 0.3 is 5.97 Å². The molecule has 7 rings (SSSR count). The summed E-state index contributed by atoms with van der Waals surface area (Å²) in [5.41, 5.74) is -1.22. The summed E-state index contributed by atoms with van der Waals surface area (Å²) in [4.78, 5) is 14.5. The fraction of sp³-hybridized carbons (Fsp3) is 0.976. The molecule has 0 aromatic rings. The van der Waals surface area contributed by atoms with Gasteiger partial charge in [-0.15, -0.1) is 0 Å². The first-order chi connectivity index (χ1) is 23.2. The van der Waals surface area contributed by atoms with Gasteiger partial charge in [-0.25, -0.2) is 0 Å². The predicted octanol–water partition coefficient (Wildman–Crippen LogP) is 5.97. The molecular weight excluding hydrogens is 634 g/mol. The Kier molecular flexibility index (Phi) is 9.07. The van der Waals surface area contributed by atoms with Crippen molar-refractivity contribution in [1.29, 1.82) is 0 Å². The number of aliphatic hydroxyl groups excluding tert-OH is 1. The van der Waals surface area contributed by atoms with Crippen LogP contribution in [0.2, 0.25) is 0 Å².